The Hall–Kier alpha value is -2.21. The molecule has 0 spiro atoms. The highest BCUT2D eigenvalue weighted by Gasteiger charge is 2.21. The highest BCUT2D eigenvalue weighted by molar-refractivity contribution is 5.98. The number of carbonyl (C=O) groups is 1. The van der Waals surface area contributed by atoms with Crippen molar-refractivity contribution in [1.82, 2.24) is 25.4 Å². The number of amides is 1. The van der Waals surface area contributed by atoms with Gasteiger partial charge in [0.1, 0.15) is 5.69 Å². The minimum atomic E-state index is -0.103. The Labute approximate surface area is 123 Å². The van der Waals surface area contributed by atoms with Gasteiger partial charge < -0.3 is 10.2 Å². The van der Waals surface area contributed by atoms with Gasteiger partial charge in [0.2, 0.25) is 0 Å². The highest BCUT2D eigenvalue weighted by Crippen LogP contribution is 2.21. The van der Waals surface area contributed by atoms with Crippen LogP contribution < -0.4 is 5.32 Å². The second-order valence-corrected chi connectivity index (χ2v) is 5.52. The summed E-state index contributed by atoms with van der Waals surface area (Å²) >= 11 is 0. The molecule has 2 N–H and O–H groups in total. The molecule has 0 radical (unpaired) electrons. The number of nitrogens with one attached hydrogen (secondary N) is 2. The lowest BCUT2D eigenvalue weighted by Gasteiger charge is -2.11. The van der Waals surface area contributed by atoms with Gasteiger partial charge in [-0.15, -0.1) is 0 Å². The minimum Gasteiger partial charge on any atom is -0.350 e. The average Bonchev–Trinajstić information content (AvgIpc) is 3.14. The standard InChI is InChI=1S/C15H19N5O/c1-20-7-4-11(10-20)8-17-15(21)14-13(9-18-19-14)12-2-5-16-6-3-12/h2-3,5-6,9,11H,4,7-8,10H2,1H3,(H,17,21)(H,18,19). The van der Waals surface area contributed by atoms with Crippen LogP contribution in [0.1, 0.15) is 16.9 Å². The number of aromatic amines is 1. The van der Waals surface area contributed by atoms with Gasteiger partial charge in [0.15, 0.2) is 0 Å². The van der Waals surface area contributed by atoms with E-state index in [1.807, 2.05) is 12.1 Å². The molecule has 1 amide bonds. The van der Waals surface area contributed by atoms with Gasteiger partial charge >= 0.3 is 0 Å². The molecular formula is C15H19N5O. The first-order chi connectivity index (χ1) is 10.2. The molecule has 0 saturated carbocycles. The molecule has 0 aliphatic carbocycles. The summed E-state index contributed by atoms with van der Waals surface area (Å²) in [6.07, 6.45) is 6.22. The first-order valence-electron chi connectivity index (χ1n) is 7.14. The zero-order valence-electron chi connectivity index (χ0n) is 12.0. The predicted octanol–water partition coefficient (Wildman–Crippen LogP) is 1.15. The van der Waals surface area contributed by atoms with Gasteiger partial charge in [-0.25, -0.2) is 0 Å². The molecule has 1 atom stereocenters. The number of aromatic nitrogens is 3. The average molecular weight is 285 g/mol. The smallest absolute Gasteiger partial charge is 0.269 e. The third kappa shape index (κ3) is 3.11. The van der Waals surface area contributed by atoms with E-state index in [9.17, 15) is 4.79 Å². The molecule has 3 heterocycles. The van der Waals surface area contributed by atoms with E-state index in [-0.39, 0.29) is 5.91 Å². The Balaban J connectivity index is 1.67. The van der Waals surface area contributed by atoms with Crippen molar-refractivity contribution in [2.45, 2.75) is 6.42 Å². The van der Waals surface area contributed by atoms with Crippen molar-refractivity contribution in [3.05, 3.63) is 36.4 Å². The number of likely N-dealkylation sites (tertiary alicyclic amines) is 1. The van der Waals surface area contributed by atoms with Gasteiger partial charge in [-0.2, -0.15) is 5.10 Å². The third-order valence-electron chi connectivity index (χ3n) is 3.90. The fourth-order valence-corrected chi connectivity index (χ4v) is 2.73. The maximum atomic E-state index is 12.3. The summed E-state index contributed by atoms with van der Waals surface area (Å²) in [4.78, 5) is 18.6. The second-order valence-electron chi connectivity index (χ2n) is 5.52. The Morgan fingerprint density at radius 3 is 3.00 bits per heavy atom. The lowest BCUT2D eigenvalue weighted by molar-refractivity contribution is 0.0943. The minimum absolute atomic E-state index is 0.103. The van der Waals surface area contributed by atoms with Gasteiger partial charge in [0.25, 0.3) is 5.91 Å². The summed E-state index contributed by atoms with van der Waals surface area (Å²) in [6, 6.07) is 3.74. The van der Waals surface area contributed by atoms with Gasteiger partial charge in [0.05, 0.1) is 6.20 Å². The van der Waals surface area contributed by atoms with Crippen molar-refractivity contribution in [2.24, 2.45) is 5.92 Å². The zero-order valence-corrected chi connectivity index (χ0v) is 12.0. The van der Waals surface area contributed by atoms with Gasteiger partial charge in [0, 0.05) is 31.0 Å². The Morgan fingerprint density at radius 1 is 1.48 bits per heavy atom. The number of rotatable bonds is 4. The SMILES string of the molecule is CN1CCC(CNC(=O)c2[nH]ncc2-c2ccncc2)C1. The van der Waals surface area contributed by atoms with Crippen LogP contribution in [0.4, 0.5) is 0 Å². The molecule has 2 aromatic heterocycles. The third-order valence-corrected chi connectivity index (χ3v) is 3.90. The second kappa shape index (κ2) is 6.05. The molecule has 0 aromatic carbocycles. The Morgan fingerprint density at radius 2 is 2.29 bits per heavy atom. The number of nitrogens with zero attached hydrogens (tertiary/aromatic N) is 3. The van der Waals surface area contributed by atoms with Crippen LogP contribution in [0.25, 0.3) is 11.1 Å². The number of carbonyl (C=O) groups excluding carboxylic acids is 1. The van der Waals surface area contributed by atoms with Gasteiger partial charge in [-0.3, -0.25) is 14.9 Å². The van der Waals surface area contributed by atoms with E-state index in [0.29, 0.717) is 18.2 Å². The van der Waals surface area contributed by atoms with Crippen molar-refractivity contribution in [1.29, 1.82) is 0 Å². The molecule has 2 aromatic rings. The molecule has 1 fully saturated rings. The molecule has 0 bridgehead atoms. The molecule has 6 heteroatoms. The van der Waals surface area contributed by atoms with Crippen LogP contribution in [0, 0.1) is 5.92 Å². The summed E-state index contributed by atoms with van der Waals surface area (Å²) in [6.45, 7) is 2.85. The lowest BCUT2D eigenvalue weighted by Crippen LogP contribution is -2.31. The van der Waals surface area contributed by atoms with Crippen LogP contribution >= 0.6 is 0 Å². The zero-order chi connectivity index (χ0) is 14.7. The Bertz CT molecular complexity index is 610. The van der Waals surface area contributed by atoms with Crippen molar-refractivity contribution >= 4 is 5.91 Å². The van der Waals surface area contributed by atoms with Gasteiger partial charge in [-0.1, -0.05) is 0 Å². The summed E-state index contributed by atoms with van der Waals surface area (Å²) in [5.41, 5.74) is 2.25. The van der Waals surface area contributed by atoms with Crippen LogP contribution in [0.5, 0.6) is 0 Å². The quantitative estimate of drug-likeness (QED) is 0.884. The number of pyridine rings is 1. The molecule has 110 valence electrons. The molecule has 21 heavy (non-hydrogen) atoms. The molecular weight excluding hydrogens is 266 g/mol. The first kappa shape index (κ1) is 13.8. The predicted molar refractivity (Wildman–Crippen MR) is 79.8 cm³/mol. The molecule has 1 aliphatic heterocycles. The molecule has 3 rings (SSSR count). The van der Waals surface area contributed by atoms with E-state index >= 15 is 0 Å². The van der Waals surface area contributed by atoms with Crippen LogP contribution in [-0.2, 0) is 0 Å². The number of hydrogen-bond acceptors (Lipinski definition) is 4. The molecule has 1 saturated heterocycles. The summed E-state index contributed by atoms with van der Waals surface area (Å²) in [5.74, 6) is 0.431. The fraction of sp³-hybridized carbons (Fsp3) is 0.400. The highest BCUT2D eigenvalue weighted by atomic mass is 16.1. The maximum absolute atomic E-state index is 12.3. The maximum Gasteiger partial charge on any atom is 0.269 e. The van der Waals surface area contributed by atoms with Gasteiger partial charge in [-0.05, 0) is 43.6 Å². The summed E-state index contributed by atoms with van der Waals surface area (Å²) in [5, 5.41) is 9.80. The van der Waals surface area contributed by atoms with Crippen molar-refractivity contribution in [3.63, 3.8) is 0 Å². The molecule has 1 unspecified atom stereocenters. The monoisotopic (exact) mass is 285 g/mol. The van der Waals surface area contributed by atoms with Crippen LogP contribution in [0.15, 0.2) is 30.7 Å². The van der Waals surface area contributed by atoms with E-state index < -0.39 is 0 Å². The van der Waals surface area contributed by atoms with Crippen molar-refractivity contribution < 1.29 is 4.79 Å². The summed E-state index contributed by atoms with van der Waals surface area (Å²) in [7, 11) is 2.11. The number of H-pyrrole nitrogens is 1. The number of hydrogen-bond donors (Lipinski definition) is 2. The lowest BCUT2D eigenvalue weighted by atomic mass is 10.1. The Kier molecular flexibility index (Phi) is 3.96. The first-order valence-corrected chi connectivity index (χ1v) is 7.14. The van der Waals surface area contributed by atoms with E-state index in [2.05, 4.69) is 32.4 Å². The molecule has 6 nitrogen and oxygen atoms in total. The largest absolute Gasteiger partial charge is 0.350 e. The van der Waals surface area contributed by atoms with Crippen molar-refractivity contribution in [2.75, 3.05) is 26.7 Å². The molecule has 1 aliphatic rings. The topological polar surface area (TPSA) is 73.9 Å². The van der Waals surface area contributed by atoms with Crippen LogP contribution in [-0.4, -0.2) is 52.7 Å². The van der Waals surface area contributed by atoms with E-state index in [0.717, 1.165) is 30.6 Å². The van der Waals surface area contributed by atoms with Crippen molar-refractivity contribution in [3.8, 4) is 11.1 Å². The van der Waals surface area contributed by atoms with E-state index in [4.69, 9.17) is 0 Å². The fourth-order valence-electron chi connectivity index (χ4n) is 2.73. The summed E-state index contributed by atoms with van der Waals surface area (Å²) < 4.78 is 0. The van der Waals surface area contributed by atoms with Crippen LogP contribution in [0.2, 0.25) is 0 Å². The van der Waals surface area contributed by atoms with E-state index in [1.54, 1.807) is 18.6 Å². The van der Waals surface area contributed by atoms with Crippen LogP contribution in [0.3, 0.4) is 0 Å². The normalized spacial score (nSPS) is 18.8. The van der Waals surface area contributed by atoms with E-state index in [1.165, 1.54) is 0 Å².